The summed E-state index contributed by atoms with van der Waals surface area (Å²) in [5.41, 5.74) is 1.45. The lowest BCUT2D eigenvalue weighted by Crippen LogP contribution is -2.49. The van der Waals surface area contributed by atoms with E-state index >= 15 is 0 Å². The third kappa shape index (κ3) is 5.20. The predicted octanol–water partition coefficient (Wildman–Crippen LogP) is 1.69. The first kappa shape index (κ1) is 18.8. The quantitative estimate of drug-likeness (QED) is 0.755. The average molecular weight is 347 g/mol. The maximum atomic E-state index is 12.3. The number of piperidine rings is 1. The van der Waals surface area contributed by atoms with Crippen molar-refractivity contribution in [1.82, 2.24) is 15.5 Å². The van der Waals surface area contributed by atoms with Gasteiger partial charge in [-0.05, 0) is 37.0 Å². The fourth-order valence-corrected chi connectivity index (χ4v) is 3.02. The summed E-state index contributed by atoms with van der Waals surface area (Å²) in [5.74, 6) is -1.33. The minimum atomic E-state index is -0.856. The molecule has 2 rings (SSSR count). The standard InChI is InChI=1S/C18H25N3O4/c1-3-19-16(22)14-6-4-13(5-7-14)9-20-18(25)21-10-12(2)8-15(11-21)17(23)24/h4-7,12,15H,3,8-11H2,1-2H3,(H,19,22)(H,20,25)(H,23,24). The van der Waals surface area contributed by atoms with Crippen LogP contribution in [0, 0.1) is 11.8 Å². The number of urea groups is 1. The van der Waals surface area contributed by atoms with Gasteiger partial charge in [-0.1, -0.05) is 19.1 Å². The summed E-state index contributed by atoms with van der Waals surface area (Å²) in [6.45, 7) is 5.51. The zero-order valence-corrected chi connectivity index (χ0v) is 14.6. The minimum absolute atomic E-state index is 0.125. The molecule has 0 radical (unpaired) electrons. The van der Waals surface area contributed by atoms with Gasteiger partial charge in [0, 0.05) is 31.7 Å². The fraction of sp³-hybridized carbons (Fsp3) is 0.500. The number of carboxylic acids is 1. The van der Waals surface area contributed by atoms with Crippen LogP contribution in [-0.2, 0) is 11.3 Å². The van der Waals surface area contributed by atoms with E-state index in [0.717, 1.165) is 5.56 Å². The van der Waals surface area contributed by atoms with Gasteiger partial charge in [-0.15, -0.1) is 0 Å². The molecule has 25 heavy (non-hydrogen) atoms. The van der Waals surface area contributed by atoms with Gasteiger partial charge in [0.15, 0.2) is 0 Å². The Labute approximate surface area is 147 Å². The summed E-state index contributed by atoms with van der Waals surface area (Å²) in [7, 11) is 0. The summed E-state index contributed by atoms with van der Waals surface area (Å²) in [6.07, 6.45) is 0.598. The number of rotatable bonds is 5. The second kappa shape index (κ2) is 8.50. The molecule has 0 saturated carbocycles. The summed E-state index contributed by atoms with van der Waals surface area (Å²) in [5, 5.41) is 14.7. The van der Waals surface area contributed by atoms with Gasteiger partial charge in [-0.3, -0.25) is 9.59 Å². The summed E-state index contributed by atoms with van der Waals surface area (Å²) >= 11 is 0. The first-order valence-electron chi connectivity index (χ1n) is 8.53. The summed E-state index contributed by atoms with van der Waals surface area (Å²) < 4.78 is 0. The summed E-state index contributed by atoms with van der Waals surface area (Å²) in [6, 6.07) is 6.77. The van der Waals surface area contributed by atoms with Crippen molar-refractivity contribution in [3.63, 3.8) is 0 Å². The van der Waals surface area contributed by atoms with E-state index in [1.165, 1.54) is 0 Å². The first-order valence-corrected chi connectivity index (χ1v) is 8.53. The van der Waals surface area contributed by atoms with Gasteiger partial charge in [0.1, 0.15) is 0 Å². The van der Waals surface area contributed by atoms with Crippen molar-refractivity contribution in [3.8, 4) is 0 Å². The maximum absolute atomic E-state index is 12.3. The predicted molar refractivity (Wildman–Crippen MR) is 93.2 cm³/mol. The van der Waals surface area contributed by atoms with Crippen LogP contribution in [0.4, 0.5) is 4.79 Å². The monoisotopic (exact) mass is 347 g/mol. The molecule has 7 nitrogen and oxygen atoms in total. The van der Waals surface area contributed by atoms with Crippen LogP contribution in [0.2, 0.25) is 0 Å². The number of hydrogen-bond acceptors (Lipinski definition) is 3. The van der Waals surface area contributed by atoms with Gasteiger partial charge in [0.05, 0.1) is 5.92 Å². The Balaban J connectivity index is 1.89. The SMILES string of the molecule is CCNC(=O)c1ccc(CNC(=O)N2CC(C)CC(C(=O)O)C2)cc1. The molecule has 3 amide bonds. The van der Waals surface area contributed by atoms with Crippen molar-refractivity contribution >= 4 is 17.9 Å². The lowest BCUT2D eigenvalue weighted by atomic mass is 9.91. The Kier molecular flexibility index (Phi) is 6.38. The molecule has 0 bridgehead atoms. The van der Waals surface area contributed by atoms with E-state index in [9.17, 15) is 19.5 Å². The molecule has 1 aliphatic rings. The number of carbonyl (C=O) groups is 3. The van der Waals surface area contributed by atoms with Crippen LogP contribution in [0.5, 0.6) is 0 Å². The van der Waals surface area contributed by atoms with E-state index in [4.69, 9.17) is 0 Å². The van der Waals surface area contributed by atoms with Crippen molar-refractivity contribution in [2.24, 2.45) is 11.8 Å². The number of nitrogens with zero attached hydrogens (tertiary/aromatic N) is 1. The van der Waals surface area contributed by atoms with E-state index in [2.05, 4.69) is 10.6 Å². The Morgan fingerprint density at radius 3 is 2.44 bits per heavy atom. The molecule has 0 spiro atoms. The van der Waals surface area contributed by atoms with E-state index in [1.807, 2.05) is 13.8 Å². The normalized spacial score (nSPS) is 20.0. The van der Waals surface area contributed by atoms with E-state index in [-0.39, 0.29) is 24.4 Å². The van der Waals surface area contributed by atoms with Gasteiger partial charge in [0.25, 0.3) is 5.91 Å². The minimum Gasteiger partial charge on any atom is -0.481 e. The Morgan fingerprint density at radius 1 is 1.16 bits per heavy atom. The molecule has 1 heterocycles. The number of benzene rings is 1. The van der Waals surface area contributed by atoms with Crippen molar-refractivity contribution < 1.29 is 19.5 Å². The van der Waals surface area contributed by atoms with E-state index in [0.29, 0.717) is 31.6 Å². The maximum Gasteiger partial charge on any atom is 0.317 e. The van der Waals surface area contributed by atoms with Crippen LogP contribution in [0.3, 0.4) is 0 Å². The van der Waals surface area contributed by atoms with E-state index in [1.54, 1.807) is 29.2 Å². The molecular weight excluding hydrogens is 322 g/mol. The van der Waals surface area contributed by atoms with Crippen molar-refractivity contribution in [3.05, 3.63) is 35.4 Å². The van der Waals surface area contributed by atoms with Crippen molar-refractivity contribution in [1.29, 1.82) is 0 Å². The highest BCUT2D eigenvalue weighted by Gasteiger charge is 2.31. The highest BCUT2D eigenvalue weighted by molar-refractivity contribution is 5.94. The largest absolute Gasteiger partial charge is 0.481 e. The van der Waals surface area contributed by atoms with Crippen LogP contribution in [0.25, 0.3) is 0 Å². The molecule has 136 valence electrons. The number of carbonyl (C=O) groups excluding carboxylic acids is 2. The number of carboxylic acid groups (broad SMARTS) is 1. The second-order valence-corrected chi connectivity index (χ2v) is 6.50. The molecule has 0 aliphatic carbocycles. The van der Waals surface area contributed by atoms with Gasteiger partial charge >= 0.3 is 12.0 Å². The van der Waals surface area contributed by atoms with Gasteiger partial charge < -0.3 is 20.6 Å². The zero-order valence-electron chi connectivity index (χ0n) is 14.6. The van der Waals surface area contributed by atoms with Crippen molar-refractivity contribution in [2.75, 3.05) is 19.6 Å². The molecule has 1 aromatic rings. The van der Waals surface area contributed by atoms with Crippen LogP contribution >= 0.6 is 0 Å². The van der Waals surface area contributed by atoms with Gasteiger partial charge in [0.2, 0.25) is 0 Å². The number of aliphatic carboxylic acids is 1. The fourth-order valence-electron chi connectivity index (χ4n) is 3.02. The lowest BCUT2D eigenvalue weighted by molar-refractivity contribution is -0.143. The lowest BCUT2D eigenvalue weighted by Gasteiger charge is -2.34. The van der Waals surface area contributed by atoms with Gasteiger partial charge in [-0.2, -0.15) is 0 Å². The van der Waals surface area contributed by atoms with Crippen LogP contribution in [0.1, 0.15) is 36.2 Å². The third-order valence-corrected chi connectivity index (χ3v) is 4.29. The average Bonchev–Trinajstić information content (AvgIpc) is 2.59. The highest BCUT2D eigenvalue weighted by atomic mass is 16.4. The molecular formula is C18H25N3O4. The second-order valence-electron chi connectivity index (χ2n) is 6.50. The third-order valence-electron chi connectivity index (χ3n) is 4.29. The Bertz CT molecular complexity index is 630. The Hall–Kier alpha value is -2.57. The molecule has 1 aliphatic heterocycles. The Morgan fingerprint density at radius 2 is 1.84 bits per heavy atom. The number of amides is 3. The van der Waals surface area contributed by atoms with Crippen LogP contribution < -0.4 is 10.6 Å². The molecule has 3 N–H and O–H groups in total. The smallest absolute Gasteiger partial charge is 0.317 e. The van der Waals surface area contributed by atoms with Gasteiger partial charge in [-0.25, -0.2) is 4.79 Å². The summed E-state index contributed by atoms with van der Waals surface area (Å²) in [4.78, 5) is 36.8. The first-order chi connectivity index (χ1) is 11.9. The number of likely N-dealkylation sites (tertiary alicyclic amines) is 1. The highest BCUT2D eigenvalue weighted by Crippen LogP contribution is 2.21. The number of hydrogen-bond donors (Lipinski definition) is 3. The molecule has 7 heteroatoms. The molecule has 0 aromatic heterocycles. The molecule has 2 unspecified atom stereocenters. The molecule has 1 fully saturated rings. The zero-order chi connectivity index (χ0) is 18.4. The molecule has 2 atom stereocenters. The topological polar surface area (TPSA) is 98.7 Å². The van der Waals surface area contributed by atoms with Crippen LogP contribution in [-0.4, -0.2) is 47.5 Å². The van der Waals surface area contributed by atoms with Crippen LogP contribution in [0.15, 0.2) is 24.3 Å². The van der Waals surface area contributed by atoms with E-state index < -0.39 is 11.9 Å². The molecule has 1 aromatic carbocycles. The van der Waals surface area contributed by atoms with Crippen molar-refractivity contribution in [2.45, 2.75) is 26.8 Å². The molecule has 1 saturated heterocycles. The number of nitrogens with one attached hydrogen (secondary N) is 2.